The lowest BCUT2D eigenvalue weighted by molar-refractivity contribution is -0.153. The van der Waals surface area contributed by atoms with Crippen molar-refractivity contribution < 1.29 is 22.7 Å². The van der Waals surface area contributed by atoms with Crippen LogP contribution < -0.4 is 20.3 Å². The molecule has 5 rings (SSSR count). The number of rotatable bonds is 7. The second-order valence-corrected chi connectivity index (χ2v) is 8.45. The lowest BCUT2D eigenvalue weighted by Crippen LogP contribution is -2.24. The van der Waals surface area contributed by atoms with Crippen molar-refractivity contribution in [1.82, 2.24) is 19.9 Å². The standard InChI is InChI=1S/C23H22F3N7O2/c24-23(25,26)13-35-18-10-29-22(30-11-18)32-16-4-3-15(8-16)31-19-6-5-17(9-28-19)33-12-14-2-1-7-27-20(14)21(33)34/h1-2,5-7,9-11,15-16H,3-4,8,12-13H2,(H,28,31)(H,29,30,32)/t15-,16-/m0/s1. The van der Waals surface area contributed by atoms with Gasteiger partial charge in [-0.1, -0.05) is 6.07 Å². The summed E-state index contributed by atoms with van der Waals surface area (Å²) in [6.45, 7) is -0.905. The van der Waals surface area contributed by atoms with E-state index < -0.39 is 12.8 Å². The molecule has 9 nitrogen and oxygen atoms in total. The van der Waals surface area contributed by atoms with Gasteiger partial charge in [0.2, 0.25) is 5.95 Å². The van der Waals surface area contributed by atoms with Crippen molar-refractivity contribution >= 4 is 23.4 Å². The number of carbonyl (C=O) groups excluding carboxylic acids is 1. The third kappa shape index (κ3) is 5.42. The zero-order valence-electron chi connectivity index (χ0n) is 18.5. The van der Waals surface area contributed by atoms with Gasteiger partial charge in [0, 0.05) is 23.8 Å². The molecule has 2 aliphatic rings. The van der Waals surface area contributed by atoms with Crippen molar-refractivity contribution in [2.45, 2.75) is 44.1 Å². The second-order valence-electron chi connectivity index (χ2n) is 8.45. The minimum absolute atomic E-state index is 0.0378. The van der Waals surface area contributed by atoms with E-state index in [-0.39, 0.29) is 23.7 Å². The summed E-state index contributed by atoms with van der Waals surface area (Å²) in [6.07, 6.45) is 3.89. The molecular formula is C23H22F3N7O2. The molecule has 3 aromatic heterocycles. The molecule has 12 heteroatoms. The van der Waals surface area contributed by atoms with Crippen LogP contribution in [0.2, 0.25) is 0 Å². The summed E-state index contributed by atoms with van der Waals surface area (Å²) in [5, 5.41) is 6.61. The number of halogens is 3. The zero-order chi connectivity index (χ0) is 24.4. The van der Waals surface area contributed by atoms with E-state index in [4.69, 9.17) is 0 Å². The molecule has 0 aromatic carbocycles. The Labute approximate surface area is 198 Å². The van der Waals surface area contributed by atoms with Crippen LogP contribution in [0.15, 0.2) is 49.1 Å². The van der Waals surface area contributed by atoms with E-state index in [0.717, 1.165) is 24.8 Å². The molecule has 1 aliphatic heterocycles. The highest BCUT2D eigenvalue weighted by Gasteiger charge is 2.30. The number of carbonyl (C=O) groups is 1. The van der Waals surface area contributed by atoms with Crippen LogP contribution in [0.25, 0.3) is 0 Å². The number of alkyl halides is 3. The molecule has 1 fully saturated rings. The summed E-state index contributed by atoms with van der Waals surface area (Å²) in [6, 6.07) is 7.72. The Bertz CT molecular complexity index is 1190. The van der Waals surface area contributed by atoms with Crippen LogP contribution >= 0.6 is 0 Å². The van der Waals surface area contributed by atoms with Crippen molar-refractivity contribution in [3.05, 3.63) is 60.3 Å². The maximum atomic E-state index is 12.6. The number of hydrogen-bond acceptors (Lipinski definition) is 8. The van der Waals surface area contributed by atoms with Gasteiger partial charge < -0.3 is 20.3 Å². The average molecular weight is 485 g/mol. The van der Waals surface area contributed by atoms with E-state index in [0.29, 0.717) is 29.7 Å². The molecule has 182 valence electrons. The van der Waals surface area contributed by atoms with Gasteiger partial charge in [0.15, 0.2) is 12.4 Å². The summed E-state index contributed by atoms with van der Waals surface area (Å²) in [5.41, 5.74) is 2.09. The van der Waals surface area contributed by atoms with E-state index in [9.17, 15) is 18.0 Å². The topological polar surface area (TPSA) is 105 Å². The summed E-state index contributed by atoms with van der Waals surface area (Å²) in [7, 11) is 0. The van der Waals surface area contributed by atoms with Gasteiger partial charge in [-0.2, -0.15) is 13.2 Å². The molecule has 4 heterocycles. The monoisotopic (exact) mass is 485 g/mol. The average Bonchev–Trinajstić information content (AvgIpc) is 3.42. The van der Waals surface area contributed by atoms with Crippen LogP contribution in [0.3, 0.4) is 0 Å². The SMILES string of the molecule is O=C1c2ncccc2CN1c1ccc(N[C@H]2CC[C@H](Nc3ncc(OCC(F)(F)F)cn3)C2)nc1. The molecule has 0 spiro atoms. The van der Waals surface area contributed by atoms with Crippen LogP contribution in [0.4, 0.5) is 30.6 Å². The highest BCUT2D eigenvalue weighted by atomic mass is 19.4. The first-order chi connectivity index (χ1) is 16.8. The molecule has 2 atom stereocenters. The van der Waals surface area contributed by atoms with Crippen LogP contribution in [-0.4, -0.2) is 50.7 Å². The van der Waals surface area contributed by atoms with E-state index in [2.05, 4.69) is 35.3 Å². The quantitative estimate of drug-likeness (QED) is 0.521. The smallest absolute Gasteiger partial charge is 0.422 e. The van der Waals surface area contributed by atoms with E-state index >= 15 is 0 Å². The maximum Gasteiger partial charge on any atom is 0.422 e. The highest BCUT2D eigenvalue weighted by Crippen LogP contribution is 2.28. The third-order valence-corrected chi connectivity index (χ3v) is 5.88. The van der Waals surface area contributed by atoms with E-state index in [1.165, 1.54) is 12.4 Å². The van der Waals surface area contributed by atoms with Crippen LogP contribution in [0, 0.1) is 0 Å². The maximum absolute atomic E-state index is 12.6. The van der Waals surface area contributed by atoms with Crippen LogP contribution in [-0.2, 0) is 6.54 Å². The normalized spacial score (nSPS) is 19.5. The van der Waals surface area contributed by atoms with Gasteiger partial charge in [-0.25, -0.2) is 15.0 Å². The molecule has 1 saturated carbocycles. The first kappa shape index (κ1) is 22.8. The Kier molecular flexibility index (Phi) is 6.10. The number of aromatic nitrogens is 4. The Morgan fingerprint density at radius 1 is 1.00 bits per heavy atom. The van der Waals surface area contributed by atoms with Gasteiger partial charge in [-0.15, -0.1) is 0 Å². The first-order valence-electron chi connectivity index (χ1n) is 11.1. The molecule has 3 aromatic rings. The number of fused-ring (bicyclic) bond motifs is 1. The number of anilines is 3. The van der Waals surface area contributed by atoms with Crippen molar-refractivity contribution in [2.24, 2.45) is 0 Å². The summed E-state index contributed by atoms with van der Waals surface area (Å²) < 4.78 is 41.3. The fraction of sp³-hybridized carbons (Fsp3) is 0.348. The summed E-state index contributed by atoms with van der Waals surface area (Å²) in [4.78, 5) is 31.0. The fourth-order valence-corrected chi connectivity index (χ4v) is 4.23. The largest absolute Gasteiger partial charge is 0.481 e. The van der Waals surface area contributed by atoms with Crippen LogP contribution in [0.1, 0.15) is 35.3 Å². The summed E-state index contributed by atoms with van der Waals surface area (Å²) >= 11 is 0. The number of ether oxygens (including phenoxy) is 1. The molecule has 0 bridgehead atoms. The molecule has 2 N–H and O–H groups in total. The Morgan fingerprint density at radius 3 is 2.46 bits per heavy atom. The van der Waals surface area contributed by atoms with E-state index in [1.807, 2.05) is 24.3 Å². The molecule has 1 aliphatic carbocycles. The lowest BCUT2D eigenvalue weighted by Gasteiger charge is -2.17. The first-order valence-corrected chi connectivity index (χ1v) is 11.1. The van der Waals surface area contributed by atoms with Gasteiger partial charge in [0.25, 0.3) is 5.91 Å². The van der Waals surface area contributed by atoms with Crippen molar-refractivity contribution in [3.8, 4) is 5.75 Å². The van der Waals surface area contributed by atoms with E-state index in [1.54, 1.807) is 17.3 Å². The Morgan fingerprint density at radius 2 is 1.77 bits per heavy atom. The highest BCUT2D eigenvalue weighted by molar-refractivity contribution is 6.08. The second kappa shape index (κ2) is 9.35. The molecule has 0 radical (unpaired) electrons. The number of nitrogens with one attached hydrogen (secondary N) is 2. The summed E-state index contributed by atoms with van der Waals surface area (Å²) in [5.74, 6) is 0.881. The Balaban J connectivity index is 1.11. The minimum Gasteiger partial charge on any atom is -0.481 e. The van der Waals surface area contributed by atoms with Crippen molar-refractivity contribution in [2.75, 3.05) is 22.1 Å². The van der Waals surface area contributed by atoms with Gasteiger partial charge >= 0.3 is 6.18 Å². The zero-order valence-corrected chi connectivity index (χ0v) is 18.5. The van der Waals surface area contributed by atoms with Gasteiger partial charge in [0.1, 0.15) is 11.5 Å². The number of pyridine rings is 2. The van der Waals surface area contributed by atoms with Gasteiger partial charge in [-0.05, 0) is 37.5 Å². The Hall–Kier alpha value is -3.96. The third-order valence-electron chi connectivity index (χ3n) is 5.88. The van der Waals surface area contributed by atoms with Crippen molar-refractivity contribution in [3.63, 3.8) is 0 Å². The number of nitrogens with zero attached hydrogens (tertiary/aromatic N) is 5. The lowest BCUT2D eigenvalue weighted by atomic mass is 10.2. The fourth-order valence-electron chi connectivity index (χ4n) is 4.23. The molecule has 0 unspecified atom stereocenters. The molecule has 1 amide bonds. The molecule has 35 heavy (non-hydrogen) atoms. The van der Waals surface area contributed by atoms with Gasteiger partial charge in [-0.3, -0.25) is 9.78 Å². The van der Waals surface area contributed by atoms with Gasteiger partial charge in [0.05, 0.1) is 30.8 Å². The van der Waals surface area contributed by atoms with Crippen molar-refractivity contribution in [1.29, 1.82) is 0 Å². The predicted octanol–water partition coefficient (Wildman–Crippen LogP) is 3.81. The molecule has 0 saturated heterocycles. The molecular weight excluding hydrogens is 463 g/mol. The predicted molar refractivity (Wildman–Crippen MR) is 121 cm³/mol. The van der Waals surface area contributed by atoms with Crippen LogP contribution in [0.5, 0.6) is 5.75 Å². The number of amides is 1. The minimum atomic E-state index is -4.41. The number of hydrogen-bond donors (Lipinski definition) is 2.